The molecule has 2 aliphatic rings. The third-order valence-corrected chi connectivity index (χ3v) is 11.1. The van der Waals surface area contributed by atoms with Gasteiger partial charge in [-0.25, -0.2) is 4.57 Å². The minimum Gasteiger partial charge on any atom is -0.457 e. The molecule has 0 atom stereocenters. The molecular formula is C41H29BN3OS+. The first-order chi connectivity index (χ1) is 23.2. The molecule has 4 nitrogen and oxygen atoms in total. The molecule has 0 unspecified atom stereocenters. The summed E-state index contributed by atoms with van der Waals surface area (Å²) in [5, 5.41) is 2.50. The highest BCUT2D eigenvalue weighted by Gasteiger charge is 2.42. The van der Waals surface area contributed by atoms with E-state index in [1.807, 2.05) is 11.3 Å². The number of aryl methyl sites for hydroxylation is 2. The van der Waals surface area contributed by atoms with E-state index in [-0.39, 0.29) is 6.71 Å². The lowest BCUT2D eigenvalue weighted by Crippen LogP contribution is -2.59. The zero-order valence-corrected chi connectivity index (χ0v) is 26.8. The molecule has 222 valence electrons. The second-order valence-electron chi connectivity index (χ2n) is 12.5. The summed E-state index contributed by atoms with van der Waals surface area (Å²) in [4.78, 5) is 2.38. The van der Waals surface area contributed by atoms with Crippen LogP contribution in [-0.4, -0.2) is 11.3 Å². The van der Waals surface area contributed by atoms with E-state index < -0.39 is 0 Å². The van der Waals surface area contributed by atoms with Crippen LogP contribution in [0.2, 0.25) is 0 Å². The van der Waals surface area contributed by atoms with Crippen molar-refractivity contribution in [3.8, 4) is 28.6 Å². The molecule has 6 aromatic carbocycles. The molecule has 2 aliphatic heterocycles. The summed E-state index contributed by atoms with van der Waals surface area (Å²) in [5.41, 5.74) is 10.9. The van der Waals surface area contributed by atoms with Crippen LogP contribution in [0.4, 0.5) is 17.1 Å². The van der Waals surface area contributed by atoms with E-state index in [1.165, 1.54) is 59.1 Å². The normalized spacial score (nSPS) is 13.0. The maximum atomic E-state index is 7.02. The highest BCUT2D eigenvalue weighted by atomic mass is 32.1. The standard InChI is InChI=1S/C41H29BN3OS/c1-26-20-21-29-30-22-23-32-38(40(30)47-39(29)36(26)41-43(2)24-25-44(41)27-12-5-3-6-13-27)46-35-19-11-18-34-37(35)42(32)31-16-9-10-17-33(31)45(34)28-14-7-4-8-15-28/h3-25H,1-2H3/q+1. The van der Waals surface area contributed by atoms with Crippen LogP contribution in [0.5, 0.6) is 11.5 Å². The Labute approximate surface area is 277 Å². The first kappa shape index (κ1) is 26.6. The number of aromatic nitrogens is 2. The zero-order chi connectivity index (χ0) is 31.2. The van der Waals surface area contributed by atoms with E-state index >= 15 is 0 Å². The van der Waals surface area contributed by atoms with Crippen LogP contribution in [-0.2, 0) is 7.05 Å². The molecule has 0 fully saturated rings. The average molecular weight is 623 g/mol. The van der Waals surface area contributed by atoms with Gasteiger partial charge in [-0.1, -0.05) is 84.9 Å². The molecule has 0 saturated heterocycles. The summed E-state index contributed by atoms with van der Waals surface area (Å²) in [6.07, 6.45) is 4.31. The molecule has 0 spiro atoms. The van der Waals surface area contributed by atoms with Crippen molar-refractivity contribution in [2.45, 2.75) is 6.92 Å². The maximum absolute atomic E-state index is 7.02. The lowest BCUT2D eigenvalue weighted by atomic mass is 9.34. The fraction of sp³-hybridized carbons (Fsp3) is 0.0488. The Kier molecular flexibility index (Phi) is 5.64. The number of rotatable bonds is 3. The minimum atomic E-state index is 0.0741. The van der Waals surface area contributed by atoms with Crippen LogP contribution >= 0.6 is 11.3 Å². The number of fused-ring (bicyclic) bond motifs is 8. The van der Waals surface area contributed by atoms with E-state index in [0.29, 0.717) is 0 Å². The molecule has 0 saturated carbocycles. The first-order valence-corrected chi connectivity index (χ1v) is 16.9. The Morgan fingerprint density at radius 2 is 1.36 bits per heavy atom. The third-order valence-electron chi connectivity index (χ3n) is 9.86. The van der Waals surface area contributed by atoms with Gasteiger partial charge in [0, 0.05) is 27.8 Å². The van der Waals surface area contributed by atoms with Crippen molar-refractivity contribution in [3.63, 3.8) is 0 Å². The Balaban J connectivity index is 1.22. The number of nitrogens with zero attached hydrogens (tertiary/aromatic N) is 3. The van der Waals surface area contributed by atoms with E-state index in [4.69, 9.17) is 4.74 Å². The van der Waals surface area contributed by atoms with Crippen LogP contribution in [0.3, 0.4) is 0 Å². The Morgan fingerprint density at radius 3 is 2.19 bits per heavy atom. The molecule has 0 amide bonds. The van der Waals surface area contributed by atoms with Gasteiger partial charge in [0.2, 0.25) is 0 Å². The Morgan fingerprint density at radius 1 is 0.660 bits per heavy atom. The predicted octanol–water partition coefficient (Wildman–Crippen LogP) is 8.05. The number of anilines is 3. The minimum absolute atomic E-state index is 0.0741. The fourth-order valence-corrected chi connectivity index (χ4v) is 9.18. The summed E-state index contributed by atoms with van der Waals surface area (Å²) in [7, 11) is 2.14. The molecule has 2 aromatic heterocycles. The van der Waals surface area contributed by atoms with Crippen LogP contribution in [0.25, 0.3) is 37.2 Å². The van der Waals surface area contributed by atoms with Crippen molar-refractivity contribution in [2.75, 3.05) is 4.90 Å². The summed E-state index contributed by atoms with van der Waals surface area (Å²) < 4.78 is 14.0. The molecule has 0 radical (unpaired) electrons. The van der Waals surface area contributed by atoms with Crippen LogP contribution in [0.15, 0.2) is 140 Å². The lowest BCUT2D eigenvalue weighted by molar-refractivity contribution is -0.659. The number of hydrogen-bond donors (Lipinski definition) is 0. The zero-order valence-electron chi connectivity index (χ0n) is 26.0. The second kappa shape index (κ2) is 9.96. The van der Waals surface area contributed by atoms with E-state index in [1.54, 1.807) is 0 Å². The van der Waals surface area contributed by atoms with Crippen LogP contribution in [0.1, 0.15) is 5.56 Å². The molecule has 6 heteroatoms. The second-order valence-corrected chi connectivity index (χ2v) is 13.5. The summed E-state index contributed by atoms with van der Waals surface area (Å²) in [6.45, 7) is 2.30. The van der Waals surface area contributed by atoms with Gasteiger partial charge in [-0.15, -0.1) is 11.3 Å². The largest absolute Gasteiger partial charge is 0.457 e. The van der Waals surface area contributed by atoms with Gasteiger partial charge < -0.3 is 9.64 Å². The summed E-state index contributed by atoms with van der Waals surface area (Å²) >= 11 is 1.85. The van der Waals surface area contributed by atoms with E-state index in [9.17, 15) is 0 Å². The van der Waals surface area contributed by atoms with Crippen molar-refractivity contribution in [3.05, 3.63) is 145 Å². The number of ether oxygens (including phenoxy) is 1. The molecule has 0 N–H and O–H groups in total. The highest BCUT2D eigenvalue weighted by Crippen LogP contribution is 2.47. The molecule has 10 rings (SSSR count). The topological polar surface area (TPSA) is 21.3 Å². The fourth-order valence-electron chi connectivity index (χ4n) is 7.79. The van der Waals surface area contributed by atoms with Gasteiger partial charge in [0.1, 0.15) is 29.6 Å². The van der Waals surface area contributed by atoms with Gasteiger partial charge in [0.15, 0.2) is 0 Å². The number of imidazole rings is 1. The first-order valence-electron chi connectivity index (χ1n) is 16.0. The van der Waals surface area contributed by atoms with E-state index in [2.05, 4.69) is 168 Å². The Bertz CT molecular complexity index is 2540. The van der Waals surface area contributed by atoms with Gasteiger partial charge in [0.05, 0.1) is 22.0 Å². The van der Waals surface area contributed by atoms with Crippen LogP contribution < -0.4 is 30.6 Å². The predicted molar refractivity (Wildman–Crippen MR) is 196 cm³/mol. The molecular weight excluding hydrogens is 593 g/mol. The molecule has 47 heavy (non-hydrogen) atoms. The van der Waals surface area contributed by atoms with Crippen molar-refractivity contribution >= 4 is 71.7 Å². The summed E-state index contributed by atoms with van der Waals surface area (Å²) in [6, 6.07) is 45.8. The number of benzene rings is 6. The van der Waals surface area contributed by atoms with E-state index in [0.717, 1.165) is 28.7 Å². The quantitative estimate of drug-likeness (QED) is 0.147. The monoisotopic (exact) mass is 622 g/mol. The maximum Gasteiger partial charge on any atom is 0.295 e. The van der Waals surface area contributed by atoms with Crippen molar-refractivity contribution in [2.24, 2.45) is 7.05 Å². The smallest absolute Gasteiger partial charge is 0.295 e. The Hall–Kier alpha value is -5.59. The highest BCUT2D eigenvalue weighted by molar-refractivity contribution is 7.27. The number of para-hydroxylation sites is 3. The number of thiophene rings is 1. The molecule has 0 bridgehead atoms. The SMILES string of the molecule is Cc1ccc2c(sc3c4c(ccc32)B2c3ccccc3N(c3ccccc3)c3cccc(c32)O4)c1-c1n(-c2ccccc2)cc[n+]1C. The van der Waals surface area contributed by atoms with Crippen molar-refractivity contribution < 1.29 is 9.30 Å². The third kappa shape index (κ3) is 3.73. The van der Waals surface area contributed by atoms with Crippen LogP contribution in [0, 0.1) is 6.92 Å². The molecule has 4 heterocycles. The molecule has 8 aromatic rings. The average Bonchev–Trinajstić information content (AvgIpc) is 3.69. The molecule has 0 aliphatic carbocycles. The summed E-state index contributed by atoms with van der Waals surface area (Å²) in [5.74, 6) is 3.08. The van der Waals surface area contributed by atoms with Gasteiger partial charge in [-0.3, -0.25) is 0 Å². The van der Waals surface area contributed by atoms with Gasteiger partial charge in [-0.2, -0.15) is 4.57 Å². The van der Waals surface area contributed by atoms with Gasteiger partial charge >= 0.3 is 0 Å². The lowest BCUT2D eigenvalue weighted by Gasteiger charge is -2.39. The number of hydrogen-bond acceptors (Lipinski definition) is 3. The van der Waals surface area contributed by atoms with Gasteiger partial charge in [0.25, 0.3) is 12.5 Å². The van der Waals surface area contributed by atoms with Crippen molar-refractivity contribution in [1.82, 2.24) is 4.57 Å². The van der Waals surface area contributed by atoms with Gasteiger partial charge in [-0.05, 0) is 71.3 Å². The van der Waals surface area contributed by atoms with Crippen molar-refractivity contribution in [1.29, 1.82) is 0 Å².